The van der Waals surface area contributed by atoms with Crippen molar-refractivity contribution in [3.05, 3.63) is 60.6 Å². The Labute approximate surface area is 189 Å². The Hall–Kier alpha value is -2.97. The van der Waals surface area contributed by atoms with Crippen molar-refractivity contribution in [3.63, 3.8) is 0 Å². The van der Waals surface area contributed by atoms with E-state index in [4.69, 9.17) is 9.15 Å². The number of nitrogens with zero attached hydrogens (tertiary/aromatic N) is 1. The highest BCUT2D eigenvalue weighted by Gasteiger charge is 2.24. The Balaban J connectivity index is 1.62. The monoisotopic (exact) mass is 455 g/mol. The number of aryl methyl sites for hydroxylation is 1. The number of rotatable bonds is 6. The summed E-state index contributed by atoms with van der Waals surface area (Å²) in [6.07, 6.45) is 3.23. The summed E-state index contributed by atoms with van der Waals surface area (Å²) in [5.74, 6) is 0.717. The number of nitrogens with one attached hydrogen (secondary N) is 2. The van der Waals surface area contributed by atoms with Crippen LogP contribution in [-0.4, -0.2) is 40.7 Å². The van der Waals surface area contributed by atoms with Crippen LogP contribution in [0.4, 0.5) is 11.4 Å². The molecule has 0 radical (unpaired) electrons. The van der Waals surface area contributed by atoms with Crippen LogP contribution in [0.1, 0.15) is 19.4 Å². The van der Waals surface area contributed by atoms with Crippen molar-refractivity contribution in [2.24, 2.45) is 0 Å². The molecular formula is C24H29N3O4S. The number of ether oxygens (including phenoxy) is 1. The Morgan fingerprint density at radius 3 is 2.44 bits per heavy atom. The van der Waals surface area contributed by atoms with Gasteiger partial charge in [0.2, 0.25) is 0 Å². The summed E-state index contributed by atoms with van der Waals surface area (Å²) in [4.78, 5) is 2.47. The number of hydrogen-bond acceptors (Lipinski definition) is 6. The van der Waals surface area contributed by atoms with Crippen LogP contribution in [0.2, 0.25) is 0 Å². The van der Waals surface area contributed by atoms with Crippen LogP contribution in [-0.2, 0) is 10.0 Å². The molecule has 1 aliphatic rings. The number of sulfonamides is 1. The van der Waals surface area contributed by atoms with E-state index in [1.165, 1.54) is 0 Å². The minimum Gasteiger partial charge on any atom is -0.495 e. The first-order chi connectivity index (χ1) is 15.3. The predicted octanol–water partition coefficient (Wildman–Crippen LogP) is 4.25. The molecule has 3 aromatic rings. The van der Waals surface area contributed by atoms with Crippen LogP contribution in [0.25, 0.3) is 11.1 Å². The van der Waals surface area contributed by atoms with Crippen LogP contribution >= 0.6 is 0 Å². The van der Waals surface area contributed by atoms with Crippen molar-refractivity contribution in [3.8, 4) is 16.9 Å². The van der Waals surface area contributed by atoms with E-state index in [2.05, 4.69) is 28.8 Å². The van der Waals surface area contributed by atoms with Gasteiger partial charge in [-0.25, -0.2) is 8.42 Å². The van der Waals surface area contributed by atoms with Crippen molar-refractivity contribution >= 4 is 21.4 Å². The number of piperazine rings is 1. The zero-order valence-corrected chi connectivity index (χ0v) is 19.6. The van der Waals surface area contributed by atoms with Crippen molar-refractivity contribution in [1.82, 2.24) is 5.32 Å². The highest BCUT2D eigenvalue weighted by molar-refractivity contribution is 7.92. The van der Waals surface area contributed by atoms with E-state index in [1.54, 1.807) is 50.8 Å². The van der Waals surface area contributed by atoms with Gasteiger partial charge in [-0.1, -0.05) is 6.07 Å². The lowest BCUT2D eigenvalue weighted by Gasteiger charge is -2.38. The molecule has 1 saturated heterocycles. The van der Waals surface area contributed by atoms with Crippen LogP contribution < -0.4 is 19.7 Å². The molecular weight excluding hydrogens is 426 g/mol. The summed E-state index contributed by atoms with van der Waals surface area (Å²) in [5.41, 5.74) is 3.85. The minimum absolute atomic E-state index is 0.242. The molecule has 2 heterocycles. The van der Waals surface area contributed by atoms with E-state index in [-0.39, 0.29) is 4.90 Å². The Bertz CT molecular complexity index is 1180. The lowest BCUT2D eigenvalue weighted by molar-refractivity contribution is 0.391. The molecule has 2 atom stereocenters. The molecule has 2 aromatic carbocycles. The molecule has 0 saturated carbocycles. The van der Waals surface area contributed by atoms with Gasteiger partial charge in [-0.05, 0) is 68.3 Å². The Morgan fingerprint density at radius 1 is 1.06 bits per heavy atom. The zero-order valence-electron chi connectivity index (χ0n) is 18.8. The third-order valence-corrected chi connectivity index (χ3v) is 7.19. The molecule has 8 heteroatoms. The quantitative estimate of drug-likeness (QED) is 0.578. The van der Waals surface area contributed by atoms with Gasteiger partial charge < -0.3 is 19.4 Å². The highest BCUT2D eigenvalue weighted by atomic mass is 32.2. The Kier molecular flexibility index (Phi) is 6.17. The van der Waals surface area contributed by atoms with Crippen molar-refractivity contribution in [2.45, 2.75) is 37.8 Å². The van der Waals surface area contributed by atoms with Gasteiger partial charge in [0.25, 0.3) is 10.0 Å². The third kappa shape index (κ3) is 4.61. The van der Waals surface area contributed by atoms with E-state index in [9.17, 15) is 8.42 Å². The number of methoxy groups -OCH3 is 1. The fourth-order valence-corrected chi connectivity index (χ4v) is 5.57. The maximum absolute atomic E-state index is 13.2. The van der Waals surface area contributed by atoms with Gasteiger partial charge in [-0.2, -0.15) is 0 Å². The average Bonchev–Trinajstić information content (AvgIpc) is 3.27. The van der Waals surface area contributed by atoms with E-state index in [0.717, 1.165) is 35.7 Å². The van der Waals surface area contributed by atoms with Crippen molar-refractivity contribution < 1.29 is 17.6 Å². The summed E-state index contributed by atoms with van der Waals surface area (Å²) in [7, 11) is -2.14. The molecule has 1 fully saturated rings. The topological polar surface area (TPSA) is 83.8 Å². The number of hydrogen-bond donors (Lipinski definition) is 2. The highest BCUT2D eigenvalue weighted by Crippen LogP contribution is 2.34. The summed E-state index contributed by atoms with van der Waals surface area (Å²) in [6, 6.07) is 13.1. The molecule has 0 amide bonds. The maximum atomic E-state index is 13.2. The average molecular weight is 456 g/mol. The first-order valence-electron chi connectivity index (χ1n) is 10.6. The lowest BCUT2D eigenvalue weighted by atomic mass is 10.1. The maximum Gasteiger partial charge on any atom is 0.262 e. The molecule has 1 aromatic heterocycles. The molecule has 4 rings (SSSR count). The van der Waals surface area contributed by atoms with Crippen LogP contribution in [0.5, 0.6) is 5.75 Å². The van der Waals surface area contributed by atoms with Gasteiger partial charge in [0.15, 0.2) is 0 Å². The molecule has 32 heavy (non-hydrogen) atoms. The lowest BCUT2D eigenvalue weighted by Crippen LogP contribution is -2.54. The molecule has 0 aliphatic carbocycles. The predicted molar refractivity (Wildman–Crippen MR) is 127 cm³/mol. The molecule has 2 unspecified atom stereocenters. The molecule has 2 N–H and O–H groups in total. The van der Waals surface area contributed by atoms with Crippen LogP contribution in [0.15, 0.2) is 64.3 Å². The minimum atomic E-state index is -3.76. The first-order valence-corrected chi connectivity index (χ1v) is 12.1. The number of furan rings is 1. The van der Waals surface area contributed by atoms with Gasteiger partial charge >= 0.3 is 0 Å². The molecule has 1 aliphatic heterocycles. The third-order valence-electron chi connectivity index (χ3n) is 5.65. The molecule has 7 nitrogen and oxygen atoms in total. The zero-order chi connectivity index (χ0) is 22.9. The van der Waals surface area contributed by atoms with Gasteiger partial charge in [0.05, 0.1) is 35.9 Å². The summed E-state index contributed by atoms with van der Waals surface area (Å²) in [6.45, 7) is 7.69. The van der Waals surface area contributed by atoms with E-state index in [0.29, 0.717) is 23.3 Å². The van der Waals surface area contributed by atoms with Gasteiger partial charge in [0.1, 0.15) is 5.75 Å². The van der Waals surface area contributed by atoms with Gasteiger partial charge in [0, 0.05) is 30.7 Å². The largest absolute Gasteiger partial charge is 0.495 e. The van der Waals surface area contributed by atoms with E-state index in [1.807, 2.05) is 18.2 Å². The Morgan fingerprint density at radius 2 is 1.81 bits per heavy atom. The normalized spacial score (nSPS) is 19.1. The summed E-state index contributed by atoms with van der Waals surface area (Å²) >= 11 is 0. The second-order valence-corrected chi connectivity index (χ2v) is 10.0. The van der Waals surface area contributed by atoms with E-state index < -0.39 is 10.0 Å². The van der Waals surface area contributed by atoms with Crippen LogP contribution in [0, 0.1) is 6.92 Å². The van der Waals surface area contributed by atoms with Crippen molar-refractivity contribution in [2.75, 3.05) is 29.8 Å². The summed E-state index contributed by atoms with van der Waals surface area (Å²) < 4.78 is 39.8. The van der Waals surface area contributed by atoms with Crippen LogP contribution in [0.3, 0.4) is 0 Å². The SMILES string of the molecule is COc1ccc(NS(=O)(=O)c2ccc(-c3ccoc3)cc2C)cc1N1CC(C)NC(C)C1. The smallest absolute Gasteiger partial charge is 0.262 e. The fraction of sp³-hybridized carbons (Fsp3) is 0.333. The fourth-order valence-electron chi connectivity index (χ4n) is 4.29. The van der Waals surface area contributed by atoms with Gasteiger partial charge in [-0.3, -0.25) is 4.72 Å². The number of anilines is 2. The molecule has 170 valence electrons. The van der Waals surface area contributed by atoms with E-state index >= 15 is 0 Å². The first kappa shape index (κ1) is 22.2. The number of benzene rings is 2. The summed E-state index contributed by atoms with van der Waals surface area (Å²) in [5, 5.41) is 3.51. The van der Waals surface area contributed by atoms with Gasteiger partial charge in [-0.15, -0.1) is 0 Å². The second kappa shape index (κ2) is 8.88. The van der Waals surface area contributed by atoms with Crippen molar-refractivity contribution in [1.29, 1.82) is 0 Å². The standard InChI is InChI=1S/C24H29N3O4S/c1-16-11-19(20-9-10-31-15-20)5-8-24(16)32(28,29)26-21-6-7-23(30-4)22(12-21)27-13-17(2)25-18(3)14-27/h5-12,15,17-18,25-26H,13-14H2,1-4H3. The second-order valence-electron chi connectivity index (χ2n) is 8.36. The molecule has 0 spiro atoms. The molecule has 0 bridgehead atoms.